The molecule has 0 aliphatic carbocycles. The number of hydrogen-bond acceptors (Lipinski definition) is 0. The summed E-state index contributed by atoms with van der Waals surface area (Å²) >= 11 is 0. The fraction of sp³-hybridized carbons (Fsp3) is 0. The third-order valence-electron chi connectivity index (χ3n) is 10.1. The van der Waals surface area contributed by atoms with Crippen molar-refractivity contribution in [1.29, 1.82) is 0 Å². The fourth-order valence-corrected chi connectivity index (χ4v) is 7.75. The first-order chi connectivity index (χ1) is 24.8. The second kappa shape index (κ2) is 11.5. The molecule has 10 rings (SSSR count). The van der Waals surface area contributed by atoms with Gasteiger partial charge in [-0.1, -0.05) is 133 Å². The highest BCUT2D eigenvalue weighted by molar-refractivity contribution is 6.12. The van der Waals surface area contributed by atoms with E-state index in [0.29, 0.717) is 0 Å². The normalized spacial score (nSPS) is 11.6. The van der Waals surface area contributed by atoms with E-state index < -0.39 is 0 Å². The van der Waals surface area contributed by atoms with Crippen molar-refractivity contribution in [3.8, 4) is 44.8 Å². The quantitative estimate of drug-likeness (QED) is 0.178. The van der Waals surface area contributed by atoms with Gasteiger partial charge in [0.15, 0.2) is 0 Å². The zero-order chi connectivity index (χ0) is 33.0. The van der Waals surface area contributed by atoms with Crippen LogP contribution in [-0.2, 0) is 0 Å². The van der Waals surface area contributed by atoms with E-state index in [1.807, 2.05) is 0 Å². The number of rotatable bonds is 5. The van der Waals surface area contributed by atoms with Crippen LogP contribution in [0.4, 0.5) is 0 Å². The van der Waals surface area contributed by atoms with Gasteiger partial charge in [0, 0.05) is 32.9 Å². The fourth-order valence-electron chi connectivity index (χ4n) is 7.75. The zero-order valence-corrected chi connectivity index (χ0v) is 27.4. The zero-order valence-electron chi connectivity index (χ0n) is 27.4. The number of aromatic nitrogens is 2. The van der Waals surface area contributed by atoms with Crippen LogP contribution >= 0.6 is 0 Å². The maximum atomic E-state index is 2.41. The molecule has 0 fully saturated rings. The summed E-state index contributed by atoms with van der Waals surface area (Å²) in [5, 5.41) is 5.05. The molecule has 0 radical (unpaired) electrons. The van der Waals surface area contributed by atoms with E-state index in [-0.39, 0.29) is 0 Å². The van der Waals surface area contributed by atoms with E-state index in [0.717, 1.165) is 11.4 Å². The first-order valence-corrected chi connectivity index (χ1v) is 17.2. The van der Waals surface area contributed by atoms with Gasteiger partial charge in [-0.25, -0.2) is 0 Å². The topological polar surface area (TPSA) is 9.86 Å². The predicted octanol–water partition coefficient (Wildman–Crippen LogP) is 12.9. The number of para-hydroxylation sites is 3. The molecule has 0 saturated carbocycles. The Morgan fingerprint density at radius 3 is 1.38 bits per heavy atom. The molecule has 50 heavy (non-hydrogen) atoms. The van der Waals surface area contributed by atoms with Crippen molar-refractivity contribution in [2.75, 3.05) is 0 Å². The minimum atomic E-state index is 1.16. The molecule has 2 nitrogen and oxygen atoms in total. The minimum absolute atomic E-state index is 1.16. The predicted molar refractivity (Wildman–Crippen MR) is 211 cm³/mol. The smallest absolute Gasteiger partial charge is 0.0547 e. The second-order valence-corrected chi connectivity index (χ2v) is 13.0. The molecule has 0 saturated heterocycles. The van der Waals surface area contributed by atoms with E-state index in [1.54, 1.807) is 0 Å². The van der Waals surface area contributed by atoms with Gasteiger partial charge < -0.3 is 9.13 Å². The standard InChI is InChI=1S/C48H32N2/c1-3-12-33(13-4-1)35-14-11-15-36(30-35)38-24-28-43-44-31-37(25-29-47(44)50(48(43)32-38)39-16-5-2-6-17-39)34-22-26-40(27-23-34)49-45-20-9-7-18-41(45)42-19-8-10-21-46(42)49/h1-32H. The lowest BCUT2D eigenvalue weighted by atomic mass is 9.98. The van der Waals surface area contributed by atoms with Gasteiger partial charge in [0.25, 0.3) is 0 Å². The van der Waals surface area contributed by atoms with Crippen LogP contribution in [0, 0.1) is 0 Å². The molecular weight excluding hydrogens is 605 g/mol. The van der Waals surface area contributed by atoms with Crippen LogP contribution in [0.3, 0.4) is 0 Å². The SMILES string of the molecule is c1ccc(-c2cccc(-c3ccc4c5cc(-c6ccc(-n7c8ccccc8c8ccccc87)cc6)ccc5n(-c5ccccc5)c4c3)c2)cc1. The lowest BCUT2D eigenvalue weighted by molar-refractivity contribution is 1.18. The monoisotopic (exact) mass is 636 g/mol. The van der Waals surface area contributed by atoms with Crippen molar-refractivity contribution in [2.45, 2.75) is 0 Å². The van der Waals surface area contributed by atoms with Crippen molar-refractivity contribution in [1.82, 2.24) is 9.13 Å². The first kappa shape index (κ1) is 28.4. The third-order valence-corrected chi connectivity index (χ3v) is 10.1. The van der Waals surface area contributed by atoms with Crippen LogP contribution in [-0.4, -0.2) is 9.13 Å². The molecule has 2 heteroatoms. The molecule has 0 amide bonds. The van der Waals surface area contributed by atoms with Crippen LogP contribution in [0.2, 0.25) is 0 Å². The molecule has 0 N–H and O–H groups in total. The van der Waals surface area contributed by atoms with E-state index in [2.05, 4.69) is 203 Å². The Labute approximate surface area is 290 Å². The molecular formula is C48H32N2. The average molecular weight is 637 g/mol. The molecule has 0 unspecified atom stereocenters. The number of nitrogens with zero attached hydrogens (tertiary/aromatic N) is 2. The second-order valence-electron chi connectivity index (χ2n) is 13.0. The Hall–Kier alpha value is -6.64. The molecule has 8 aromatic carbocycles. The Bertz CT molecular complexity index is 2790. The summed E-state index contributed by atoms with van der Waals surface area (Å²) in [6.45, 7) is 0. The van der Waals surface area contributed by atoms with Crippen molar-refractivity contribution in [2.24, 2.45) is 0 Å². The van der Waals surface area contributed by atoms with Crippen LogP contribution in [0.5, 0.6) is 0 Å². The summed E-state index contributed by atoms with van der Waals surface area (Å²) in [5.41, 5.74) is 14.4. The molecule has 0 aliphatic heterocycles. The number of hydrogen-bond donors (Lipinski definition) is 0. The van der Waals surface area contributed by atoms with Gasteiger partial charge in [-0.3, -0.25) is 0 Å². The highest BCUT2D eigenvalue weighted by Gasteiger charge is 2.16. The van der Waals surface area contributed by atoms with Gasteiger partial charge in [0.1, 0.15) is 0 Å². The van der Waals surface area contributed by atoms with E-state index >= 15 is 0 Å². The largest absolute Gasteiger partial charge is 0.309 e. The maximum absolute atomic E-state index is 2.41. The van der Waals surface area contributed by atoms with Gasteiger partial charge in [0.2, 0.25) is 0 Å². The van der Waals surface area contributed by atoms with Gasteiger partial charge in [0.05, 0.1) is 22.1 Å². The summed E-state index contributed by atoms with van der Waals surface area (Å²) in [6, 6.07) is 70.4. The Morgan fingerprint density at radius 2 is 0.660 bits per heavy atom. The molecule has 234 valence electrons. The highest BCUT2D eigenvalue weighted by Crippen LogP contribution is 2.38. The van der Waals surface area contributed by atoms with Crippen molar-refractivity contribution < 1.29 is 0 Å². The number of benzene rings is 8. The van der Waals surface area contributed by atoms with Crippen molar-refractivity contribution in [3.63, 3.8) is 0 Å². The summed E-state index contributed by atoms with van der Waals surface area (Å²) in [7, 11) is 0. The average Bonchev–Trinajstić information content (AvgIpc) is 3.71. The van der Waals surface area contributed by atoms with Crippen molar-refractivity contribution in [3.05, 3.63) is 194 Å². The molecule has 0 atom stereocenters. The van der Waals surface area contributed by atoms with Crippen LogP contribution in [0.25, 0.3) is 88.4 Å². The van der Waals surface area contributed by atoms with Crippen LogP contribution < -0.4 is 0 Å². The third kappa shape index (κ3) is 4.57. The lowest BCUT2D eigenvalue weighted by Crippen LogP contribution is -1.94. The van der Waals surface area contributed by atoms with Gasteiger partial charge in [-0.05, 0) is 94.0 Å². The minimum Gasteiger partial charge on any atom is -0.309 e. The van der Waals surface area contributed by atoms with Crippen molar-refractivity contribution >= 4 is 43.6 Å². The Kier molecular flexibility index (Phi) is 6.53. The van der Waals surface area contributed by atoms with E-state index in [4.69, 9.17) is 0 Å². The summed E-state index contributed by atoms with van der Waals surface area (Å²) < 4.78 is 4.78. The van der Waals surface area contributed by atoms with Gasteiger partial charge >= 0.3 is 0 Å². The van der Waals surface area contributed by atoms with Gasteiger partial charge in [-0.2, -0.15) is 0 Å². The van der Waals surface area contributed by atoms with Crippen LogP contribution in [0.1, 0.15) is 0 Å². The summed E-state index contributed by atoms with van der Waals surface area (Å²) in [5.74, 6) is 0. The first-order valence-electron chi connectivity index (χ1n) is 17.2. The molecule has 0 aliphatic rings. The highest BCUT2D eigenvalue weighted by atomic mass is 15.0. The summed E-state index contributed by atoms with van der Waals surface area (Å²) in [6.07, 6.45) is 0. The maximum Gasteiger partial charge on any atom is 0.0547 e. The molecule has 10 aromatic rings. The molecule has 0 spiro atoms. The van der Waals surface area contributed by atoms with E-state index in [9.17, 15) is 0 Å². The Morgan fingerprint density at radius 1 is 0.220 bits per heavy atom. The van der Waals surface area contributed by atoms with Crippen LogP contribution in [0.15, 0.2) is 194 Å². The Balaban J connectivity index is 1.10. The van der Waals surface area contributed by atoms with E-state index in [1.165, 1.54) is 77.0 Å². The summed E-state index contributed by atoms with van der Waals surface area (Å²) in [4.78, 5) is 0. The number of fused-ring (bicyclic) bond motifs is 6. The van der Waals surface area contributed by atoms with Gasteiger partial charge in [-0.15, -0.1) is 0 Å². The lowest BCUT2D eigenvalue weighted by Gasteiger charge is -2.10. The molecule has 2 aromatic heterocycles. The molecule has 0 bridgehead atoms. The molecule has 2 heterocycles.